The van der Waals surface area contributed by atoms with Crippen LogP contribution in [0.3, 0.4) is 0 Å². The summed E-state index contributed by atoms with van der Waals surface area (Å²) in [4.78, 5) is 0. The Balaban J connectivity index is 2.39. The third-order valence-electron chi connectivity index (χ3n) is 2.33. The summed E-state index contributed by atoms with van der Waals surface area (Å²) < 4.78 is 28.0. The lowest BCUT2D eigenvalue weighted by Crippen LogP contribution is -2.17. The maximum Gasteiger partial charge on any atom is 0.281 e. The Morgan fingerprint density at radius 3 is 2.70 bits per heavy atom. The number of aryl methyl sites for hydroxylation is 1. The Morgan fingerprint density at radius 2 is 2.20 bits per heavy atom. The van der Waals surface area contributed by atoms with Crippen molar-refractivity contribution in [2.45, 2.75) is 5.03 Å². The number of nitrogens with zero attached hydrogens (tertiary/aromatic N) is 4. The second-order valence-corrected chi connectivity index (χ2v) is 6.48. The molecule has 2 rings (SSSR count). The van der Waals surface area contributed by atoms with E-state index in [-0.39, 0.29) is 25.9 Å². The van der Waals surface area contributed by atoms with Gasteiger partial charge in [-0.05, 0) is 34.1 Å². The second kappa shape index (κ2) is 5.40. The van der Waals surface area contributed by atoms with Gasteiger partial charge in [0, 0.05) is 7.05 Å². The molecule has 0 aliphatic heterocycles. The first-order valence-electron chi connectivity index (χ1n) is 5.13. The van der Waals surface area contributed by atoms with Gasteiger partial charge in [-0.1, -0.05) is 16.8 Å². The van der Waals surface area contributed by atoms with Gasteiger partial charge in [0.05, 0.1) is 16.3 Å². The summed E-state index contributed by atoms with van der Waals surface area (Å²) in [7, 11) is -2.41. The van der Waals surface area contributed by atoms with Crippen molar-refractivity contribution in [2.24, 2.45) is 7.05 Å². The lowest BCUT2D eigenvalue weighted by Gasteiger charge is -2.08. The minimum atomic E-state index is -3.87. The van der Waals surface area contributed by atoms with Crippen LogP contribution in [-0.2, 0) is 17.1 Å². The molecule has 0 amide bonds. The number of anilines is 1. The highest BCUT2D eigenvalue weighted by molar-refractivity contribution is 9.10. The highest BCUT2D eigenvalue weighted by Gasteiger charge is 2.24. The van der Waals surface area contributed by atoms with Gasteiger partial charge in [-0.25, -0.2) is 4.68 Å². The van der Waals surface area contributed by atoms with Crippen LogP contribution in [-0.4, -0.2) is 23.4 Å². The molecule has 0 radical (unpaired) electrons. The highest BCUT2D eigenvalue weighted by Crippen LogP contribution is 2.24. The average molecular weight is 377 g/mol. The Bertz CT molecular complexity index is 792. The topological polar surface area (TPSA) is 101 Å². The molecule has 0 saturated carbocycles. The van der Waals surface area contributed by atoms with E-state index in [1.807, 2.05) is 6.07 Å². The summed E-state index contributed by atoms with van der Waals surface area (Å²) in [6.45, 7) is 0. The molecule has 0 aliphatic carbocycles. The quantitative estimate of drug-likeness (QED) is 0.881. The van der Waals surface area contributed by atoms with E-state index in [4.69, 9.17) is 16.9 Å². The second-order valence-electron chi connectivity index (χ2n) is 3.72. The number of rotatable bonds is 3. The Kier molecular flexibility index (Phi) is 3.99. The summed E-state index contributed by atoms with van der Waals surface area (Å²) in [6, 6.07) is 6.12. The smallest absolute Gasteiger partial charge is 0.278 e. The number of sulfonamides is 1. The van der Waals surface area contributed by atoms with Crippen LogP contribution >= 0.6 is 27.5 Å². The maximum atomic E-state index is 12.2. The molecule has 10 heteroatoms. The van der Waals surface area contributed by atoms with E-state index in [1.54, 1.807) is 0 Å². The van der Waals surface area contributed by atoms with Crippen LogP contribution in [0.4, 0.5) is 5.69 Å². The van der Waals surface area contributed by atoms with Crippen LogP contribution < -0.4 is 4.72 Å². The fourth-order valence-electron chi connectivity index (χ4n) is 1.48. The Labute approximate surface area is 128 Å². The molecule has 0 bridgehead atoms. The Hall–Kier alpha value is -1.63. The molecule has 104 valence electrons. The normalized spacial score (nSPS) is 11.1. The van der Waals surface area contributed by atoms with E-state index in [0.29, 0.717) is 0 Å². The van der Waals surface area contributed by atoms with E-state index in [9.17, 15) is 8.42 Å². The Morgan fingerprint density at radius 1 is 1.50 bits per heavy atom. The first-order valence-corrected chi connectivity index (χ1v) is 7.78. The van der Waals surface area contributed by atoms with Crippen LogP contribution in [0.5, 0.6) is 0 Å². The molecular formula is C10H7BrClN5O2S. The number of hydrogen-bond acceptors (Lipinski definition) is 5. The van der Waals surface area contributed by atoms with Gasteiger partial charge in [0.2, 0.25) is 5.03 Å². The van der Waals surface area contributed by atoms with Gasteiger partial charge in [0.1, 0.15) is 6.07 Å². The minimum absolute atomic E-state index is 0.104. The number of nitrogens with one attached hydrogen (secondary N) is 1. The third kappa shape index (κ3) is 2.77. The molecule has 0 spiro atoms. The summed E-state index contributed by atoms with van der Waals surface area (Å²) in [6.07, 6.45) is 0. The van der Waals surface area contributed by atoms with E-state index in [0.717, 1.165) is 4.68 Å². The number of hydrogen-bond donors (Lipinski definition) is 1. The first-order chi connectivity index (χ1) is 9.35. The highest BCUT2D eigenvalue weighted by atomic mass is 79.9. The molecule has 0 aliphatic rings. The molecule has 1 heterocycles. The van der Waals surface area contributed by atoms with Crippen LogP contribution in [0.15, 0.2) is 27.8 Å². The van der Waals surface area contributed by atoms with Crippen molar-refractivity contribution >= 4 is 43.2 Å². The van der Waals surface area contributed by atoms with Gasteiger partial charge in [-0.3, -0.25) is 4.72 Å². The van der Waals surface area contributed by atoms with E-state index in [2.05, 4.69) is 31.0 Å². The van der Waals surface area contributed by atoms with Gasteiger partial charge in [0.15, 0.2) is 4.60 Å². The lowest BCUT2D eigenvalue weighted by atomic mass is 10.2. The van der Waals surface area contributed by atoms with Crippen molar-refractivity contribution in [3.05, 3.63) is 33.4 Å². The maximum absolute atomic E-state index is 12.2. The van der Waals surface area contributed by atoms with Crippen molar-refractivity contribution in [2.75, 3.05) is 4.72 Å². The van der Waals surface area contributed by atoms with Gasteiger partial charge in [-0.2, -0.15) is 13.7 Å². The standard InChI is InChI=1S/C10H7BrClN5O2S/c1-17-10(9(11)14-16-17)20(18,19)15-7-3-2-6(5-13)8(12)4-7/h2-4,15H,1H3. The molecule has 0 unspecified atom stereocenters. The molecule has 0 fully saturated rings. The monoisotopic (exact) mass is 375 g/mol. The van der Waals surface area contributed by atoms with Crippen LogP contribution in [0.1, 0.15) is 5.56 Å². The van der Waals surface area contributed by atoms with Gasteiger partial charge in [0.25, 0.3) is 10.0 Å². The van der Waals surface area contributed by atoms with Crippen LogP contribution in [0, 0.1) is 11.3 Å². The van der Waals surface area contributed by atoms with Crippen LogP contribution in [0.2, 0.25) is 5.02 Å². The fraction of sp³-hybridized carbons (Fsp3) is 0.100. The van der Waals surface area contributed by atoms with Crippen molar-refractivity contribution in [3.63, 3.8) is 0 Å². The molecule has 0 atom stereocenters. The van der Waals surface area contributed by atoms with E-state index in [1.165, 1.54) is 25.2 Å². The third-order valence-corrected chi connectivity index (χ3v) is 4.91. The largest absolute Gasteiger partial charge is 0.281 e. The van der Waals surface area contributed by atoms with Crippen molar-refractivity contribution in [1.82, 2.24) is 15.0 Å². The summed E-state index contributed by atoms with van der Waals surface area (Å²) >= 11 is 8.87. The first kappa shape index (κ1) is 14.8. The molecule has 1 aromatic heterocycles. The number of aromatic nitrogens is 3. The van der Waals surface area contributed by atoms with Gasteiger partial charge in [-0.15, -0.1) is 5.10 Å². The average Bonchev–Trinajstić information content (AvgIpc) is 2.69. The minimum Gasteiger partial charge on any atom is -0.278 e. The number of nitriles is 1. The predicted octanol–water partition coefficient (Wildman–Crippen LogP) is 1.90. The van der Waals surface area contributed by atoms with Crippen molar-refractivity contribution < 1.29 is 8.42 Å². The lowest BCUT2D eigenvalue weighted by molar-refractivity contribution is 0.578. The van der Waals surface area contributed by atoms with E-state index < -0.39 is 10.0 Å². The molecule has 1 N–H and O–H groups in total. The van der Waals surface area contributed by atoms with Gasteiger partial charge >= 0.3 is 0 Å². The molecule has 0 saturated heterocycles. The van der Waals surface area contributed by atoms with Crippen LogP contribution in [0.25, 0.3) is 0 Å². The molecule has 2 aromatic rings. The van der Waals surface area contributed by atoms with E-state index >= 15 is 0 Å². The summed E-state index contributed by atoms with van der Waals surface area (Å²) in [5.74, 6) is 0. The summed E-state index contributed by atoms with van der Waals surface area (Å²) in [5.41, 5.74) is 0.500. The molecule has 1 aromatic carbocycles. The SMILES string of the molecule is Cn1nnc(Br)c1S(=O)(=O)Nc1ccc(C#N)c(Cl)c1. The molecular weight excluding hydrogens is 370 g/mol. The van der Waals surface area contributed by atoms with Crippen molar-refractivity contribution in [3.8, 4) is 6.07 Å². The summed E-state index contributed by atoms with van der Waals surface area (Å²) in [5, 5.41) is 16.0. The number of benzene rings is 1. The zero-order valence-electron chi connectivity index (χ0n) is 10.0. The molecule has 20 heavy (non-hydrogen) atoms. The van der Waals surface area contributed by atoms with Gasteiger partial charge < -0.3 is 0 Å². The predicted molar refractivity (Wildman–Crippen MR) is 75.7 cm³/mol. The zero-order chi connectivity index (χ0) is 14.9. The fourth-order valence-corrected chi connectivity index (χ4v) is 3.85. The molecule has 7 nitrogen and oxygen atoms in total. The number of halogens is 2. The van der Waals surface area contributed by atoms with Crippen molar-refractivity contribution in [1.29, 1.82) is 5.26 Å². The zero-order valence-corrected chi connectivity index (χ0v) is 13.2.